The van der Waals surface area contributed by atoms with Gasteiger partial charge >= 0.3 is 0 Å². The Labute approximate surface area is 141 Å². The fourth-order valence-electron chi connectivity index (χ4n) is 2.55. The Morgan fingerprint density at radius 3 is 2.68 bits per heavy atom. The Morgan fingerprint density at radius 1 is 1.09 bits per heavy atom. The number of thioether (sulfide) groups is 1. The summed E-state index contributed by atoms with van der Waals surface area (Å²) < 4.78 is 0. The Balaban J connectivity index is 1.67. The van der Waals surface area contributed by atoms with Crippen LogP contribution in [0.25, 0.3) is 0 Å². The van der Waals surface area contributed by atoms with E-state index in [0.29, 0.717) is 0 Å². The number of hydrogen-bond donors (Lipinski definition) is 1. The molecule has 0 radical (unpaired) electrons. The van der Waals surface area contributed by atoms with Gasteiger partial charge in [0.2, 0.25) is 0 Å². The van der Waals surface area contributed by atoms with Crippen molar-refractivity contribution in [1.82, 2.24) is 15.2 Å². The summed E-state index contributed by atoms with van der Waals surface area (Å²) in [4.78, 5) is 7.05. The number of halogens is 1. The van der Waals surface area contributed by atoms with Gasteiger partial charge in [-0.05, 0) is 23.3 Å². The predicted molar refractivity (Wildman–Crippen MR) is 93.4 cm³/mol. The molecular weight excluding hydrogens is 314 g/mol. The van der Waals surface area contributed by atoms with E-state index in [1.807, 2.05) is 30.5 Å². The van der Waals surface area contributed by atoms with Gasteiger partial charge < -0.3 is 5.32 Å². The molecule has 0 atom stereocenters. The van der Waals surface area contributed by atoms with Gasteiger partial charge in [0.25, 0.3) is 0 Å². The normalized spacial score (nSPS) is 15.9. The zero-order chi connectivity index (χ0) is 15.2. The molecule has 1 aliphatic heterocycles. The molecule has 0 saturated carbocycles. The molecule has 0 spiro atoms. The third-order valence-corrected chi connectivity index (χ3v) is 5.24. The number of hydrogen-bond acceptors (Lipinski definition) is 4. The van der Waals surface area contributed by atoms with E-state index in [1.54, 1.807) is 11.8 Å². The summed E-state index contributed by atoms with van der Waals surface area (Å²) in [6.45, 7) is 5.32. The lowest BCUT2D eigenvalue weighted by atomic mass is 10.2. The molecule has 3 nitrogen and oxygen atoms in total. The van der Waals surface area contributed by atoms with Gasteiger partial charge in [0, 0.05) is 49.7 Å². The lowest BCUT2D eigenvalue weighted by Crippen LogP contribution is -2.42. The molecule has 116 valence electrons. The highest BCUT2D eigenvalue weighted by Crippen LogP contribution is 2.28. The molecular formula is C17H20ClN3S. The van der Waals surface area contributed by atoms with Gasteiger partial charge in [-0.15, -0.1) is 11.8 Å². The first-order valence-corrected chi connectivity index (χ1v) is 8.92. The molecule has 22 heavy (non-hydrogen) atoms. The standard InChI is InChI=1S/C17H20ClN3S/c18-16-6-2-1-4-15(16)13-22-17-14(5-3-7-20-17)12-21-10-8-19-9-11-21/h1-7,19H,8-13H2. The summed E-state index contributed by atoms with van der Waals surface area (Å²) in [5.74, 6) is 0.852. The second-order valence-corrected chi connectivity index (χ2v) is 6.75. The Bertz CT molecular complexity index is 614. The van der Waals surface area contributed by atoms with Crippen molar-refractivity contribution in [2.45, 2.75) is 17.3 Å². The molecule has 1 fully saturated rings. The van der Waals surface area contributed by atoms with Crippen LogP contribution in [-0.4, -0.2) is 36.1 Å². The molecule has 1 saturated heterocycles. The Kier molecular flexibility index (Phi) is 5.73. The van der Waals surface area contributed by atoms with Crippen molar-refractivity contribution in [1.29, 1.82) is 0 Å². The molecule has 0 amide bonds. The minimum absolute atomic E-state index is 0.828. The van der Waals surface area contributed by atoms with Crippen LogP contribution in [0.15, 0.2) is 47.6 Å². The van der Waals surface area contributed by atoms with E-state index in [0.717, 1.165) is 54.1 Å². The van der Waals surface area contributed by atoms with E-state index in [1.165, 1.54) is 5.56 Å². The molecule has 5 heteroatoms. The first-order chi connectivity index (χ1) is 10.8. The zero-order valence-electron chi connectivity index (χ0n) is 12.5. The number of pyridine rings is 1. The van der Waals surface area contributed by atoms with Gasteiger partial charge in [-0.3, -0.25) is 4.90 Å². The number of nitrogens with one attached hydrogen (secondary N) is 1. The maximum Gasteiger partial charge on any atom is 0.101 e. The number of aromatic nitrogens is 1. The van der Waals surface area contributed by atoms with Crippen LogP contribution in [-0.2, 0) is 12.3 Å². The molecule has 0 unspecified atom stereocenters. The van der Waals surface area contributed by atoms with Crippen molar-refractivity contribution in [2.75, 3.05) is 26.2 Å². The van der Waals surface area contributed by atoms with Gasteiger partial charge in [-0.25, -0.2) is 4.98 Å². The first-order valence-electron chi connectivity index (χ1n) is 7.56. The van der Waals surface area contributed by atoms with Gasteiger partial charge in [-0.1, -0.05) is 35.9 Å². The highest BCUT2D eigenvalue weighted by atomic mass is 35.5. The third kappa shape index (κ3) is 4.23. The van der Waals surface area contributed by atoms with Crippen LogP contribution in [0.5, 0.6) is 0 Å². The molecule has 1 aromatic carbocycles. The summed E-state index contributed by atoms with van der Waals surface area (Å²) >= 11 is 8.00. The van der Waals surface area contributed by atoms with Crippen molar-refractivity contribution in [3.05, 3.63) is 58.7 Å². The molecule has 2 aromatic rings. The van der Waals surface area contributed by atoms with Crippen molar-refractivity contribution in [3.8, 4) is 0 Å². The lowest BCUT2D eigenvalue weighted by Gasteiger charge is -2.27. The van der Waals surface area contributed by atoms with E-state index in [9.17, 15) is 0 Å². The summed E-state index contributed by atoms with van der Waals surface area (Å²) in [7, 11) is 0. The average molecular weight is 334 g/mol. The molecule has 0 bridgehead atoms. The highest BCUT2D eigenvalue weighted by molar-refractivity contribution is 7.98. The van der Waals surface area contributed by atoms with Gasteiger partial charge in [0.15, 0.2) is 0 Å². The summed E-state index contributed by atoms with van der Waals surface area (Å²) in [6, 6.07) is 12.2. The third-order valence-electron chi connectivity index (χ3n) is 3.78. The summed E-state index contributed by atoms with van der Waals surface area (Å²) in [5.41, 5.74) is 2.47. The highest BCUT2D eigenvalue weighted by Gasteiger charge is 2.13. The SMILES string of the molecule is Clc1ccccc1CSc1ncccc1CN1CCNCC1. The van der Waals surface area contributed by atoms with Crippen molar-refractivity contribution in [3.63, 3.8) is 0 Å². The fourth-order valence-corrected chi connectivity index (χ4v) is 3.83. The quantitative estimate of drug-likeness (QED) is 0.848. The Morgan fingerprint density at radius 2 is 1.86 bits per heavy atom. The van der Waals surface area contributed by atoms with Crippen molar-refractivity contribution in [2.24, 2.45) is 0 Å². The summed E-state index contributed by atoms with van der Waals surface area (Å²) in [5, 5.41) is 5.33. The molecule has 1 N–H and O–H groups in total. The molecule has 1 aliphatic rings. The van der Waals surface area contributed by atoms with Crippen LogP contribution < -0.4 is 5.32 Å². The maximum atomic E-state index is 6.24. The van der Waals surface area contributed by atoms with Crippen molar-refractivity contribution < 1.29 is 0 Å². The smallest absolute Gasteiger partial charge is 0.101 e. The van der Waals surface area contributed by atoms with Crippen LogP contribution in [0.3, 0.4) is 0 Å². The minimum Gasteiger partial charge on any atom is -0.314 e. The fraction of sp³-hybridized carbons (Fsp3) is 0.353. The number of rotatable bonds is 5. The monoisotopic (exact) mass is 333 g/mol. The molecule has 0 aliphatic carbocycles. The number of nitrogens with zero attached hydrogens (tertiary/aromatic N) is 2. The predicted octanol–water partition coefficient (Wildman–Crippen LogP) is 3.43. The second kappa shape index (κ2) is 7.97. The van der Waals surface area contributed by atoms with E-state index in [2.05, 4.69) is 27.3 Å². The Hall–Kier alpha value is -1.07. The largest absolute Gasteiger partial charge is 0.314 e. The first kappa shape index (κ1) is 15.8. The number of benzene rings is 1. The molecule has 3 rings (SSSR count). The second-order valence-electron chi connectivity index (χ2n) is 5.37. The lowest BCUT2D eigenvalue weighted by molar-refractivity contribution is 0.231. The van der Waals surface area contributed by atoms with Crippen LogP contribution in [0.2, 0.25) is 5.02 Å². The van der Waals surface area contributed by atoms with Crippen molar-refractivity contribution >= 4 is 23.4 Å². The van der Waals surface area contributed by atoms with Crippen LogP contribution in [0.1, 0.15) is 11.1 Å². The van der Waals surface area contributed by atoms with Gasteiger partial charge in [0.05, 0.1) is 0 Å². The summed E-state index contributed by atoms with van der Waals surface area (Å²) in [6.07, 6.45) is 1.87. The van der Waals surface area contributed by atoms with Crippen LogP contribution >= 0.6 is 23.4 Å². The molecule has 1 aromatic heterocycles. The van der Waals surface area contributed by atoms with Crippen LogP contribution in [0.4, 0.5) is 0 Å². The van der Waals surface area contributed by atoms with E-state index >= 15 is 0 Å². The van der Waals surface area contributed by atoms with E-state index in [-0.39, 0.29) is 0 Å². The van der Waals surface area contributed by atoms with E-state index in [4.69, 9.17) is 11.6 Å². The zero-order valence-corrected chi connectivity index (χ0v) is 14.0. The topological polar surface area (TPSA) is 28.2 Å². The van der Waals surface area contributed by atoms with Gasteiger partial charge in [0.1, 0.15) is 5.03 Å². The minimum atomic E-state index is 0.828. The number of piperazine rings is 1. The maximum absolute atomic E-state index is 6.24. The average Bonchev–Trinajstić information content (AvgIpc) is 2.56. The molecule has 2 heterocycles. The van der Waals surface area contributed by atoms with E-state index < -0.39 is 0 Å². The van der Waals surface area contributed by atoms with Crippen LogP contribution in [0, 0.1) is 0 Å². The van der Waals surface area contributed by atoms with Gasteiger partial charge in [-0.2, -0.15) is 0 Å².